The van der Waals surface area contributed by atoms with Crippen LogP contribution in [0.4, 0.5) is 4.79 Å². The second-order valence-corrected chi connectivity index (χ2v) is 11.0. The summed E-state index contributed by atoms with van der Waals surface area (Å²) in [5.74, 6) is 1.40. The van der Waals surface area contributed by atoms with Crippen LogP contribution in [0.5, 0.6) is 5.75 Å². The number of unbranched alkanes of at least 4 members (excludes halogenated alkanes) is 3. The van der Waals surface area contributed by atoms with Crippen LogP contribution in [0.2, 0.25) is 0 Å². The molecule has 0 heterocycles. The van der Waals surface area contributed by atoms with Crippen LogP contribution >= 0.6 is 0 Å². The molecule has 0 radical (unpaired) electrons. The maximum absolute atomic E-state index is 12.5. The Morgan fingerprint density at radius 3 is 2.59 bits per heavy atom. The number of hydrogen-bond acceptors (Lipinski definition) is 6. The molecule has 3 rings (SSSR count). The van der Waals surface area contributed by atoms with Crippen molar-refractivity contribution in [1.82, 2.24) is 4.90 Å². The van der Waals surface area contributed by atoms with Gasteiger partial charge in [-0.15, -0.1) is 0 Å². The van der Waals surface area contributed by atoms with Gasteiger partial charge in [-0.1, -0.05) is 51.7 Å². The third-order valence-corrected chi connectivity index (χ3v) is 8.02. The number of ether oxygens (including phenoxy) is 3. The number of nitrogens with zero attached hydrogens (tertiary/aromatic N) is 1. The summed E-state index contributed by atoms with van der Waals surface area (Å²) in [7, 11) is 3.42. The van der Waals surface area contributed by atoms with Crippen LogP contribution in [-0.4, -0.2) is 61.6 Å². The molecule has 0 unspecified atom stereocenters. The standard InChI is InChI=1S/C30H47NO6/c1-5-7-9-12-23(32)14-15-24-25-17-21-11-10-13-27(36-20-29(33)35-16-8-6-2)26(21)18-22(25)19-28(24)37-30(34)31(3)4/h10-11,13,22-25,28,32H,5-9,12,14-20H2,1-4H3/t22-,23-,24+,25-,28+/m0/s1. The number of hydrogen-bond donors (Lipinski definition) is 1. The molecule has 1 N–H and O–H groups in total. The number of esters is 1. The van der Waals surface area contributed by atoms with Gasteiger partial charge in [-0.25, -0.2) is 9.59 Å². The largest absolute Gasteiger partial charge is 0.482 e. The molecule has 7 nitrogen and oxygen atoms in total. The van der Waals surface area contributed by atoms with Gasteiger partial charge in [-0.3, -0.25) is 0 Å². The molecule has 1 amide bonds. The maximum Gasteiger partial charge on any atom is 0.409 e. The molecule has 1 fully saturated rings. The number of amides is 1. The van der Waals surface area contributed by atoms with Crippen LogP contribution in [0.3, 0.4) is 0 Å². The van der Waals surface area contributed by atoms with E-state index in [2.05, 4.69) is 19.9 Å². The lowest BCUT2D eigenvalue weighted by atomic mass is 9.73. The Balaban J connectivity index is 1.68. The van der Waals surface area contributed by atoms with E-state index in [9.17, 15) is 14.7 Å². The summed E-state index contributed by atoms with van der Waals surface area (Å²) in [6.45, 7) is 4.57. The van der Waals surface area contributed by atoms with Crippen LogP contribution < -0.4 is 4.74 Å². The lowest BCUT2D eigenvalue weighted by Crippen LogP contribution is -2.32. The van der Waals surface area contributed by atoms with E-state index in [1.165, 1.54) is 10.5 Å². The molecule has 0 saturated heterocycles. The van der Waals surface area contributed by atoms with E-state index in [1.807, 2.05) is 12.1 Å². The minimum absolute atomic E-state index is 0.0874. The Labute approximate surface area is 222 Å². The van der Waals surface area contributed by atoms with Gasteiger partial charge in [0.2, 0.25) is 0 Å². The average Bonchev–Trinajstić information content (AvgIpc) is 3.20. The predicted octanol–water partition coefficient (Wildman–Crippen LogP) is 5.55. The Morgan fingerprint density at radius 1 is 1.08 bits per heavy atom. The monoisotopic (exact) mass is 517 g/mol. The summed E-state index contributed by atoms with van der Waals surface area (Å²) < 4.78 is 17.1. The number of aliphatic hydroxyl groups is 1. The fourth-order valence-corrected chi connectivity index (χ4v) is 5.95. The van der Waals surface area contributed by atoms with Crippen molar-refractivity contribution in [2.24, 2.45) is 17.8 Å². The molecule has 1 aromatic carbocycles. The Morgan fingerprint density at radius 2 is 1.86 bits per heavy atom. The Hall–Kier alpha value is -2.28. The molecule has 0 spiro atoms. The van der Waals surface area contributed by atoms with Crippen molar-refractivity contribution >= 4 is 12.1 Å². The maximum atomic E-state index is 12.5. The Bertz CT molecular complexity index is 872. The second kappa shape index (κ2) is 14.6. The van der Waals surface area contributed by atoms with E-state index in [4.69, 9.17) is 14.2 Å². The SMILES string of the molecule is CCCCC[C@H](O)CC[C@@H]1[C@H]2Cc3cccc(OCC(=O)OCCCC)c3C[C@H]2C[C@H]1OC(=O)N(C)C. The van der Waals surface area contributed by atoms with E-state index < -0.39 is 0 Å². The van der Waals surface area contributed by atoms with E-state index in [0.717, 1.165) is 81.9 Å². The van der Waals surface area contributed by atoms with Gasteiger partial charge in [-0.05, 0) is 79.9 Å². The molecule has 0 aromatic heterocycles. The van der Waals surface area contributed by atoms with Crippen molar-refractivity contribution in [3.8, 4) is 5.75 Å². The van der Waals surface area contributed by atoms with Gasteiger partial charge in [0.05, 0.1) is 12.7 Å². The molecule has 1 saturated carbocycles. The zero-order valence-electron chi connectivity index (χ0n) is 23.2. The number of aliphatic hydroxyl groups excluding tert-OH is 1. The van der Waals surface area contributed by atoms with Gasteiger partial charge in [-0.2, -0.15) is 0 Å². The van der Waals surface area contributed by atoms with Crippen molar-refractivity contribution in [2.45, 2.75) is 96.7 Å². The molecular formula is C30H47NO6. The number of fused-ring (bicyclic) bond motifs is 2. The van der Waals surface area contributed by atoms with Gasteiger partial charge in [0.15, 0.2) is 6.61 Å². The van der Waals surface area contributed by atoms with Gasteiger partial charge in [0, 0.05) is 14.1 Å². The van der Waals surface area contributed by atoms with Gasteiger partial charge in [0.25, 0.3) is 0 Å². The number of benzene rings is 1. The molecule has 0 bridgehead atoms. The third-order valence-electron chi connectivity index (χ3n) is 8.02. The van der Waals surface area contributed by atoms with Crippen LogP contribution in [0.25, 0.3) is 0 Å². The summed E-state index contributed by atoms with van der Waals surface area (Å²) in [6.07, 6.45) is 9.39. The number of carbonyl (C=O) groups is 2. The van der Waals surface area contributed by atoms with Gasteiger partial charge in [0.1, 0.15) is 11.9 Å². The highest BCUT2D eigenvalue weighted by Gasteiger charge is 2.47. The first-order valence-electron chi connectivity index (χ1n) is 14.3. The first-order valence-corrected chi connectivity index (χ1v) is 14.3. The zero-order valence-corrected chi connectivity index (χ0v) is 23.2. The summed E-state index contributed by atoms with van der Waals surface area (Å²) in [5.41, 5.74) is 2.40. The fourth-order valence-electron chi connectivity index (χ4n) is 5.95. The van der Waals surface area contributed by atoms with Crippen molar-refractivity contribution in [2.75, 3.05) is 27.3 Å². The number of rotatable bonds is 14. The van der Waals surface area contributed by atoms with Crippen LogP contribution in [0, 0.1) is 17.8 Å². The smallest absolute Gasteiger partial charge is 0.409 e. The molecule has 7 heteroatoms. The normalized spacial score (nSPS) is 23.1. The highest BCUT2D eigenvalue weighted by molar-refractivity contribution is 5.71. The molecule has 2 aliphatic rings. The van der Waals surface area contributed by atoms with Crippen molar-refractivity contribution < 1.29 is 28.9 Å². The summed E-state index contributed by atoms with van der Waals surface area (Å²) in [6, 6.07) is 6.07. The summed E-state index contributed by atoms with van der Waals surface area (Å²) in [5, 5.41) is 10.6. The average molecular weight is 518 g/mol. The molecular weight excluding hydrogens is 470 g/mol. The zero-order chi connectivity index (χ0) is 26.8. The lowest BCUT2D eigenvalue weighted by molar-refractivity contribution is -0.146. The van der Waals surface area contributed by atoms with E-state index in [0.29, 0.717) is 18.4 Å². The van der Waals surface area contributed by atoms with Crippen LogP contribution in [0.1, 0.15) is 82.8 Å². The van der Waals surface area contributed by atoms with Crippen molar-refractivity contribution in [3.05, 3.63) is 29.3 Å². The highest BCUT2D eigenvalue weighted by Crippen LogP contribution is 2.49. The minimum Gasteiger partial charge on any atom is -0.482 e. The quantitative estimate of drug-likeness (QED) is 0.257. The summed E-state index contributed by atoms with van der Waals surface area (Å²) >= 11 is 0. The molecule has 5 atom stereocenters. The van der Waals surface area contributed by atoms with Gasteiger partial charge >= 0.3 is 12.1 Å². The van der Waals surface area contributed by atoms with E-state index >= 15 is 0 Å². The van der Waals surface area contributed by atoms with Crippen molar-refractivity contribution in [3.63, 3.8) is 0 Å². The molecule has 37 heavy (non-hydrogen) atoms. The first-order chi connectivity index (χ1) is 17.8. The lowest BCUT2D eigenvalue weighted by Gasteiger charge is -2.33. The topological polar surface area (TPSA) is 85.3 Å². The van der Waals surface area contributed by atoms with E-state index in [-0.39, 0.29) is 36.8 Å². The van der Waals surface area contributed by atoms with E-state index in [1.54, 1.807) is 14.1 Å². The molecule has 2 aliphatic carbocycles. The van der Waals surface area contributed by atoms with Crippen molar-refractivity contribution in [1.29, 1.82) is 0 Å². The van der Waals surface area contributed by atoms with Gasteiger partial charge < -0.3 is 24.2 Å². The minimum atomic E-state index is -0.339. The molecule has 208 valence electrons. The molecule has 1 aromatic rings. The third kappa shape index (κ3) is 8.36. The van der Waals surface area contributed by atoms with Crippen LogP contribution in [-0.2, 0) is 27.1 Å². The Kier molecular flexibility index (Phi) is 11.6. The fraction of sp³-hybridized carbons (Fsp3) is 0.733. The molecule has 0 aliphatic heterocycles. The summed E-state index contributed by atoms with van der Waals surface area (Å²) in [4.78, 5) is 26.0. The van der Waals surface area contributed by atoms with Crippen LogP contribution in [0.15, 0.2) is 18.2 Å². The first kappa shape index (κ1) is 29.3. The second-order valence-electron chi connectivity index (χ2n) is 11.0. The highest BCUT2D eigenvalue weighted by atomic mass is 16.6. The number of carbonyl (C=O) groups excluding carboxylic acids is 2. The predicted molar refractivity (Wildman–Crippen MR) is 144 cm³/mol.